The first-order valence-electron chi connectivity index (χ1n) is 4.72. The summed E-state index contributed by atoms with van der Waals surface area (Å²) < 4.78 is 0. The summed E-state index contributed by atoms with van der Waals surface area (Å²) in [5.74, 6) is 0. The molecule has 66 valence electrons. The minimum absolute atomic E-state index is 0.00782. The monoisotopic (exact) mass is 171 g/mol. The summed E-state index contributed by atoms with van der Waals surface area (Å²) >= 11 is 0. The van der Waals surface area contributed by atoms with Crippen molar-refractivity contribution < 1.29 is 0 Å². The van der Waals surface area contributed by atoms with Crippen LogP contribution in [0.4, 0.5) is 0 Å². The molecule has 1 fully saturated rings. The van der Waals surface area contributed by atoms with Gasteiger partial charge < -0.3 is 0 Å². The van der Waals surface area contributed by atoms with E-state index in [0.717, 1.165) is 19.3 Å². The minimum atomic E-state index is -0.00782. The third-order valence-corrected chi connectivity index (χ3v) is 2.88. The average Bonchev–Trinajstić information content (AvgIpc) is 2.90. The lowest BCUT2D eigenvalue weighted by atomic mass is 9.95. The van der Waals surface area contributed by atoms with Crippen molar-refractivity contribution >= 4 is 0 Å². The smallest absolute Gasteiger partial charge is 0.0693 e. The van der Waals surface area contributed by atoms with Gasteiger partial charge >= 0.3 is 0 Å². The number of benzene rings is 1. The maximum absolute atomic E-state index is 8.96. The van der Waals surface area contributed by atoms with Crippen LogP contribution in [-0.4, -0.2) is 0 Å². The van der Waals surface area contributed by atoms with Crippen molar-refractivity contribution in [1.82, 2.24) is 0 Å². The van der Waals surface area contributed by atoms with Crippen LogP contribution in [0.2, 0.25) is 0 Å². The van der Waals surface area contributed by atoms with E-state index in [1.807, 2.05) is 6.07 Å². The predicted molar refractivity (Wildman–Crippen MR) is 52.2 cm³/mol. The van der Waals surface area contributed by atoms with E-state index in [1.54, 1.807) is 0 Å². The summed E-state index contributed by atoms with van der Waals surface area (Å²) in [6.45, 7) is 2.11. The first-order chi connectivity index (χ1) is 6.26. The molecule has 0 unspecified atom stereocenters. The Hall–Kier alpha value is -1.29. The van der Waals surface area contributed by atoms with Gasteiger partial charge in [0.15, 0.2) is 0 Å². The summed E-state index contributed by atoms with van der Waals surface area (Å²) in [4.78, 5) is 0. The molecule has 0 amide bonds. The van der Waals surface area contributed by atoms with Gasteiger partial charge in [0, 0.05) is 0 Å². The molecule has 1 aliphatic rings. The fourth-order valence-electron chi connectivity index (χ4n) is 1.65. The predicted octanol–water partition coefficient (Wildman–Crippen LogP) is 2.84. The standard InChI is InChI=1S/C12H13N/c1-10-4-2-3-5-11(10)8-12(9-13)6-7-12/h2-5H,6-8H2,1H3. The summed E-state index contributed by atoms with van der Waals surface area (Å²) in [7, 11) is 0. The van der Waals surface area contributed by atoms with Crippen LogP contribution in [0.3, 0.4) is 0 Å². The van der Waals surface area contributed by atoms with E-state index in [4.69, 9.17) is 5.26 Å². The number of nitrogens with zero attached hydrogens (tertiary/aromatic N) is 1. The van der Waals surface area contributed by atoms with Crippen LogP contribution in [0, 0.1) is 23.7 Å². The van der Waals surface area contributed by atoms with Crippen LogP contribution in [0.25, 0.3) is 0 Å². The van der Waals surface area contributed by atoms with Gasteiger partial charge in [-0.05, 0) is 37.3 Å². The van der Waals surface area contributed by atoms with Gasteiger partial charge in [-0.25, -0.2) is 0 Å². The fourth-order valence-corrected chi connectivity index (χ4v) is 1.65. The van der Waals surface area contributed by atoms with E-state index < -0.39 is 0 Å². The molecular formula is C12H13N. The third-order valence-electron chi connectivity index (χ3n) is 2.88. The molecule has 2 rings (SSSR count). The van der Waals surface area contributed by atoms with Crippen LogP contribution in [0.5, 0.6) is 0 Å². The van der Waals surface area contributed by atoms with Gasteiger partial charge in [-0.15, -0.1) is 0 Å². The lowest BCUT2D eigenvalue weighted by Crippen LogP contribution is -2.02. The summed E-state index contributed by atoms with van der Waals surface area (Å²) in [5, 5.41) is 8.96. The molecule has 13 heavy (non-hydrogen) atoms. The molecule has 0 bridgehead atoms. The average molecular weight is 171 g/mol. The lowest BCUT2D eigenvalue weighted by Gasteiger charge is -2.08. The third kappa shape index (κ3) is 1.58. The molecule has 1 aromatic rings. The Bertz CT molecular complexity index is 356. The van der Waals surface area contributed by atoms with E-state index in [-0.39, 0.29) is 5.41 Å². The largest absolute Gasteiger partial charge is 0.198 e. The maximum Gasteiger partial charge on any atom is 0.0693 e. The van der Waals surface area contributed by atoms with Crippen LogP contribution < -0.4 is 0 Å². The van der Waals surface area contributed by atoms with Gasteiger partial charge in [0.25, 0.3) is 0 Å². The molecule has 0 atom stereocenters. The molecule has 0 spiro atoms. The number of hydrogen-bond donors (Lipinski definition) is 0. The summed E-state index contributed by atoms with van der Waals surface area (Å²) in [6.07, 6.45) is 3.10. The highest BCUT2D eigenvalue weighted by molar-refractivity contribution is 5.30. The molecule has 0 aliphatic heterocycles. The Balaban J connectivity index is 2.20. The molecule has 1 saturated carbocycles. The number of rotatable bonds is 2. The second kappa shape index (κ2) is 2.88. The van der Waals surface area contributed by atoms with Crippen LogP contribution in [0.1, 0.15) is 24.0 Å². The van der Waals surface area contributed by atoms with Gasteiger partial charge in [0.1, 0.15) is 0 Å². The van der Waals surface area contributed by atoms with E-state index in [2.05, 4.69) is 31.2 Å². The van der Waals surface area contributed by atoms with Gasteiger partial charge in [-0.1, -0.05) is 24.3 Å². The second-order valence-corrected chi connectivity index (χ2v) is 4.00. The molecule has 1 aromatic carbocycles. The highest BCUT2D eigenvalue weighted by atomic mass is 14.5. The van der Waals surface area contributed by atoms with Gasteiger partial charge in [-0.2, -0.15) is 5.26 Å². The highest BCUT2D eigenvalue weighted by Crippen LogP contribution is 2.47. The Labute approximate surface area is 79.0 Å². The van der Waals surface area contributed by atoms with Gasteiger partial charge in [0.05, 0.1) is 11.5 Å². The van der Waals surface area contributed by atoms with Crippen LogP contribution in [-0.2, 0) is 6.42 Å². The van der Waals surface area contributed by atoms with Gasteiger partial charge in [0.2, 0.25) is 0 Å². The molecular weight excluding hydrogens is 158 g/mol. The molecule has 1 heteroatoms. The Morgan fingerprint density at radius 1 is 1.38 bits per heavy atom. The molecule has 1 nitrogen and oxygen atoms in total. The molecule has 0 N–H and O–H groups in total. The molecule has 0 aromatic heterocycles. The van der Waals surface area contributed by atoms with Crippen molar-refractivity contribution in [1.29, 1.82) is 5.26 Å². The van der Waals surface area contributed by atoms with Crippen molar-refractivity contribution in [3.05, 3.63) is 35.4 Å². The maximum atomic E-state index is 8.96. The van der Waals surface area contributed by atoms with Crippen molar-refractivity contribution in [2.45, 2.75) is 26.2 Å². The normalized spacial score (nSPS) is 17.8. The number of aryl methyl sites for hydroxylation is 1. The molecule has 0 heterocycles. The molecule has 0 saturated heterocycles. The fraction of sp³-hybridized carbons (Fsp3) is 0.417. The molecule has 0 radical (unpaired) electrons. The zero-order valence-electron chi connectivity index (χ0n) is 7.88. The minimum Gasteiger partial charge on any atom is -0.198 e. The topological polar surface area (TPSA) is 23.8 Å². The van der Waals surface area contributed by atoms with Crippen molar-refractivity contribution in [2.24, 2.45) is 5.41 Å². The Morgan fingerprint density at radius 2 is 2.08 bits per heavy atom. The first-order valence-corrected chi connectivity index (χ1v) is 4.72. The van der Waals surface area contributed by atoms with E-state index in [1.165, 1.54) is 11.1 Å². The Morgan fingerprint density at radius 3 is 2.62 bits per heavy atom. The first kappa shape index (κ1) is 8.31. The Kier molecular flexibility index (Phi) is 1.84. The summed E-state index contributed by atoms with van der Waals surface area (Å²) in [5.41, 5.74) is 2.64. The second-order valence-electron chi connectivity index (χ2n) is 4.00. The van der Waals surface area contributed by atoms with Gasteiger partial charge in [-0.3, -0.25) is 0 Å². The summed E-state index contributed by atoms with van der Waals surface area (Å²) in [6, 6.07) is 10.8. The van der Waals surface area contributed by atoms with Crippen LogP contribution >= 0.6 is 0 Å². The van der Waals surface area contributed by atoms with Crippen molar-refractivity contribution in [3.63, 3.8) is 0 Å². The van der Waals surface area contributed by atoms with Crippen LogP contribution in [0.15, 0.2) is 24.3 Å². The van der Waals surface area contributed by atoms with Crippen molar-refractivity contribution in [2.75, 3.05) is 0 Å². The molecule has 1 aliphatic carbocycles. The number of nitriles is 1. The van der Waals surface area contributed by atoms with Crippen molar-refractivity contribution in [3.8, 4) is 6.07 Å². The van der Waals surface area contributed by atoms with E-state index in [0.29, 0.717) is 0 Å². The van der Waals surface area contributed by atoms with E-state index in [9.17, 15) is 0 Å². The van der Waals surface area contributed by atoms with E-state index >= 15 is 0 Å². The SMILES string of the molecule is Cc1ccccc1CC1(C#N)CC1. The zero-order chi connectivity index (χ0) is 9.31. The zero-order valence-corrected chi connectivity index (χ0v) is 7.88. The quantitative estimate of drug-likeness (QED) is 0.671. The highest BCUT2D eigenvalue weighted by Gasteiger charge is 2.43. The number of hydrogen-bond acceptors (Lipinski definition) is 1. The lowest BCUT2D eigenvalue weighted by molar-refractivity contribution is 0.662.